The van der Waals surface area contributed by atoms with E-state index in [1.165, 1.54) is 0 Å². The molecule has 0 saturated carbocycles. The fourth-order valence-corrected chi connectivity index (χ4v) is 3.25. The van der Waals surface area contributed by atoms with Crippen LogP contribution in [-0.2, 0) is 4.74 Å². The van der Waals surface area contributed by atoms with Crippen LogP contribution in [0.2, 0.25) is 0 Å². The molecule has 4 rings (SSSR count). The first kappa shape index (κ1) is 19.6. The van der Waals surface area contributed by atoms with Gasteiger partial charge < -0.3 is 18.9 Å². The lowest BCUT2D eigenvalue weighted by atomic mass is 9.93. The summed E-state index contributed by atoms with van der Waals surface area (Å²) in [6.07, 6.45) is 4.10. The second-order valence-corrected chi connectivity index (χ2v) is 6.76. The van der Waals surface area contributed by atoms with Crippen LogP contribution < -0.4 is 14.2 Å². The lowest BCUT2D eigenvalue weighted by Crippen LogP contribution is -2.05. The normalized spacial score (nSPS) is 13.7. The van der Waals surface area contributed by atoms with Gasteiger partial charge in [-0.15, -0.1) is 0 Å². The van der Waals surface area contributed by atoms with Crippen molar-refractivity contribution in [2.24, 2.45) is 0 Å². The Bertz CT molecular complexity index is 982. The zero-order chi connectivity index (χ0) is 20.9. The first-order valence-corrected chi connectivity index (χ1v) is 9.61. The standard InChI is InChI=1S/C26H23O4/c1-27-22-10-4-18(5-11-22)21-16-25(19-6-12-23(28-2)13-7-19)30-26(17-21)20-8-14-24(29-3)15-9-20/h4-17H,1-3H3. The molecule has 0 atom stereocenters. The van der Waals surface area contributed by atoms with Crippen LogP contribution in [0.1, 0.15) is 16.7 Å². The largest absolute Gasteiger partial charge is 0.497 e. The highest BCUT2D eigenvalue weighted by Crippen LogP contribution is 2.37. The predicted octanol–water partition coefficient (Wildman–Crippen LogP) is 5.75. The van der Waals surface area contributed by atoms with E-state index >= 15 is 0 Å². The van der Waals surface area contributed by atoms with Crippen LogP contribution in [0.15, 0.2) is 84.9 Å². The Labute approximate surface area is 177 Å². The Morgan fingerprint density at radius 2 is 0.800 bits per heavy atom. The molecule has 1 radical (unpaired) electrons. The van der Waals surface area contributed by atoms with E-state index in [2.05, 4.69) is 12.2 Å². The van der Waals surface area contributed by atoms with Crippen molar-refractivity contribution in [3.8, 4) is 17.2 Å². The van der Waals surface area contributed by atoms with Crippen molar-refractivity contribution in [3.63, 3.8) is 0 Å². The maximum atomic E-state index is 6.30. The molecule has 1 aliphatic heterocycles. The smallest absolute Gasteiger partial charge is 0.131 e. The minimum absolute atomic E-state index is 0.775. The third-order valence-corrected chi connectivity index (χ3v) is 4.97. The first-order valence-electron chi connectivity index (χ1n) is 9.61. The second kappa shape index (κ2) is 8.78. The molecular formula is C26H23O4. The number of allylic oxidation sites excluding steroid dienone is 2. The summed E-state index contributed by atoms with van der Waals surface area (Å²) in [5.41, 5.74) is 3.03. The summed E-state index contributed by atoms with van der Waals surface area (Å²) >= 11 is 0. The summed E-state index contributed by atoms with van der Waals surface area (Å²) in [6.45, 7) is 0. The van der Waals surface area contributed by atoms with E-state index in [1.807, 2.05) is 72.8 Å². The van der Waals surface area contributed by atoms with E-state index in [0.29, 0.717) is 0 Å². The number of ether oxygens (including phenoxy) is 4. The number of rotatable bonds is 6. The highest BCUT2D eigenvalue weighted by atomic mass is 16.5. The van der Waals surface area contributed by atoms with Gasteiger partial charge in [0.25, 0.3) is 0 Å². The molecule has 3 aromatic carbocycles. The van der Waals surface area contributed by atoms with E-state index in [9.17, 15) is 0 Å². The van der Waals surface area contributed by atoms with Gasteiger partial charge in [0.15, 0.2) is 0 Å². The van der Waals surface area contributed by atoms with E-state index < -0.39 is 0 Å². The molecule has 3 aromatic rings. The van der Waals surface area contributed by atoms with E-state index in [0.717, 1.165) is 51.4 Å². The number of benzene rings is 3. The summed E-state index contributed by atoms with van der Waals surface area (Å²) in [5, 5.41) is 0. The van der Waals surface area contributed by atoms with E-state index in [1.54, 1.807) is 21.3 Å². The van der Waals surface area contributed by atoms with Crippen LogP contribution in [0, 0.1) is 5.92 Å². The van der Waals surface area contributed by atoms with Gasteiger partial charge in [-0.05, 0) is 78.4 Å². The van der Waals surface area contributed by atoms with Crippen LogP contribution in [0.4, 0.5) is 0 Å². The summed E-state index contributed by atoms with van der Waals surface area (Å²) in [6, 6.07) is 23.7. The van der Waals surface area contributed by atoms with Crippen molar-refractivity contribution in [3.05, 3.63) is 108 Å². The number of hydrogen-bond donors (Lipinski definition) is 0. The highest BCUT2D eigenvalue weighted by molar-refractivity contribution is 5.78. The quantitative estimate of drug-likeness (QED) is 0.529. The lowest BCUT2D eigenvalue weighted by molar-refractivity contribution is 0.414. The molecule has 4 nitrogen and oxygen atoms in total. The summed E-state index contributed by atoms with van der Waals surface area (Å²) < 4.78 is 22.2. The van der Waals surface area contributed by atoms with Gasteiger partial charge in [0, 0.05) is 11.1 Å². The van der Waals surface area contributed by atoms with Gasteiger partial charge in [-0.3, -0.25) is 0 Å². The van der Waals surface area contributed by atoms with Crippen molar-refractivity contribution < 1.29 is 18.9 Å². The van der Waals surface area contributed by atoms with E-state index in [-0.39, 0.29) is 0 Å². The Morgan fingerprint density at radius 3 is 1.13 bits per heavy atom. The molecule has 0 saturated heterocycles. The van der Waals surface area contributed by atoms with Gasteiger partial charge in [-0.25, -0.2) is 0 Å². The molecule has 0 aliphatic carbocycles. The highest BCUT2D eigenvalue weighted by Gasteiger charge is 2.21. The van der Waals surface area contributed by atoms with Gasteiger partial charge in [0.1, 0.15) is 28.8 Å². The monoisotopic (exact) mass is 399 g/mol. The fraction of sp³-hybridized carbons (Fsp3) is 0.115. The molecule has 0 fully saturated rings. The van der Waals surface area contributed by atoms with Crippen LogP contribution in [-0.4, -0.2) is 21.3 Å². The van der Waals surface area contributed by atoms with Crippen molar-refractivity contribution in [1.29, 1.82) is 0 Å². The summed E-state index contributed by atoms with van der Waals surface area (Å²) in [5.74, 6) is 5.04. The fourth-order valence-electron chi connectivity index (χ4n) is 3.25. The summed E-state index contributed by atoms with van der Waals surface area (Å²) in [7, 11) is 4.98. The van der Waals surface area contributed by atoms with Gasteiger partial charge in [-0.1, -0.05) is 12.1 Å². The maximum Gasteiger partial charge on any atom is 0.131 e. The van der Waals surface area contributed by atoms with Crippen LogP contribution in [0.3, 0.4) is 0 Å². The average molecular weight is 399 g/mol. The third-order valence-electron chi connectivity index (χ3n) is 4.97. The zero-order valence-electron chi connectivity index (χ0n) is 17.2. The molecule has 0 bridgehead atoms. The van der Waals surface area contributed by atoms with Crippen molar-refractivity contribution in [2.45, 2.75) is 0 Å². The van der Waals surface area contributed by atoms with Crippen molar-refractivity contribution in [1.82, 2.24) is 0 Å². The third kappa shape index (κ3) is 4.18. The van der Waals surface area contributed by atoms with Crippen LogP contribution in [0.5, 0.6) is 17.2 Å². The van der Waals surface area contributed by atoms with Crippen LogP contribution >= 0.6 is 0 Å². The topological polar surface area (TPSA) is 36.9 Å². The van der Waals surface area contributed by atoms with Gasteiger partial charge in [0.2, 0.25) is 0 Å². The molecule has 0 aromatic heterocycles. The summed E-state index contributed by atoms with van der Waals surface area (Å²) in [4.78, 5) is 0. The Balaban J connectivity index is 1.72. The molecule has 1 aliphatic rings. The minimum atomic E-state index is 0.775. The molecule has 0 unspecified atom stereocenters. The number of methoxy groups -OCH3 is 3. The molecule has 4 heteroatoms. The Hall–Kier alpha value is -3.66. The molecule has 0 spiro atoms. The van der Waals surface area contributed by atoms with Crippen molar-refractivity contribution >= 4 is 11.5 Å². The average Bonchev–Trinajstić information content (AvgIpc) is 2.84. The van der Waals surface area contributed by atoms with Crippen molar-refractivity contribution in [2.75, 3.05) is 21.3 Å². The Morgan fingerprint density at radius 1 is 0.467 bits per heavy atom. The molecule has 0 N–H and O–H groups in total. The second-order valence-electron chi connectivity index (χ2n) is 6.76. The molecule has 30 heavy (non-hydrogen) atoms. The maximum absolute atomic E-state index is 6.30. The molecule has 0 amide bonds. The zero-order valence-corrected chi connectivity index (χ0v) is 17.2. The molecular weight excluding hydrogens is 376 g/mol. The molecule has 151 valence electrons. The predicted molar refractivity (Wildman–Crippen MR) is 118 cm³/mol. The SMILES string of the molecule is COc1ccc([C]2C=C(c3ccc(OC)cc3)OC(c3ccc(OC)cc3)=C2)cc1. The Kier molecular flexibility index (Phi) is 5.75. The van der Waals surface area contributed by atoms with Gasteiger partial charge in [0.05, 0.1) is 27.2 Å². The molecule has 1 heterocycles. The lowest BCUT2D eigenvalue weighted by Gasteiger charge is -2.22. The van der Waals surface area contributed by atoms with E-state index in [4.69, 9.17) is 18.9 Å². The minimum Gasteiger partial charge on any atom is -0.497 e. The first-order chi connectivity index (χ1) is 14.7. The van der Waals surface area contributed by atoms with Gasteiger partial charge in [-0.2, -0.15) is 0 Å². The number of hydrogen-bond acceptors (Lipinski definition) is 4. The van der Waals surface area contributed by atoms with Gasteiger partial charge >= 0.3 is 0 Å². The van der Waals surface area contributed by atoms with Crippen LogP contribution in [0.25, 0.3) is 11.5 Å².